The zero-order chi connectivity index (χ0) is 23.4. The van der Waals surface area contributed by atoms with E-state index in [9.17, 15) is 10.1 Å². The maximum absolute atomic E-state index is 13.1. The van der Waals surface area contributed by atoms with E-state index in [2.05, 4.69) is 32.3 Å². The summed E-state index contributed by atoms with van der Waals surface area (Å²) in [6.45, 7) is 2.38. The number of para-hydroxylation sites is 1. The van der Waals surface area contributed by atoms with Crippen LogP contribution in [0.4, 0.5) is 0 Å². The van der Waals surface area contributed by atoms with Crippen molar-refractivity contribution in [2.45, 2.75) is 62.9 Å². The molecule has 2 aromatic heterocycles. The Bertz CT molecular complexity index is 1190. The Labute approximate surface area is 201 Å². The van der Waals surface area contributed by atoms with Gasteiger partial charge in [0.05, 0.1) is 17.0 Å². The molecule has 1 aliphatic carbocycles. The second kappa shape index (κ2) is 9.90. The Morgan fingerprint density at radius 2 is 1.91 bits per heavy atom. The van der Waals surface area contributed by atoms with Gasteiger partial charge in [0.15, 0.2) is 0 Å². The number of benzene rings is 1. The summed E-state index contributed by atoms with van der Waals surface area (Å²) < 4.78 is 0. The van der Waals surface area contributed by atoms with E-state index in [1.807, 2.05) is 42.6 Å². The SMILES string of the molecule is N#CC1(c2cccnc2)CCN(Cc2cc(C(=O)NC3CCCCC3)nc3ccccc23)CC1. The molecule has 0 spiro atoms. The van der Waals surface area contributed by atoms with Gasteiger partial charge in [-0.25, -0.2) is 4.98 Å². The molecule has 3 aromatic rings. The molecule has 0 radical (unpaired) electrons. The molecule has 1 aromatic carbocycles. The van der Waals surface area contributed by atoms with Gasteiger partial charge in [0.2, 0.25) is 0 Å². The minimum atomic E-state index is -0.476. The molecular weight excluding hydrogens is 422 g/mol. The number of likely N-dealkylation sites (tertiary alicyclic amines) is 1. The van der Waals surface area contributed by atoms with Crippen LogP contribution >= 0.6 is 0 Å². The molecule has 34 heavy (non-hydrogen) atoms. The zero-order valence-corrected chi connectivity index (χ0v) is 19.5. The van der Waals surface area contributed by atoms with E-state index in [1.54, 1.807) is 6.20 Å². The lowest BCUT2D eigenvalue weighted by Crippen LogP contribution is -2.41. The fourth-order valence-corrected chi connectivity index (χ4v) is 5.45. The Morgan fingerprint density at radius 3 is 2.65 bits per heavy atom. The van der Waals surface area contributed by atoms with Gasteiger partial charge in [0.25, 0.3) is 5.91 Å². The fraction of sp³-hybridized carbons (Fsp3) is 0.429. The monoisotopic (exact) mass is 453 g/mol. The number of hydrogen-bond acceptors (Lipinski definition) is 5. The Kier molecular flexibility index (Phi) is 6.55. The first kappa shape index (κ1) is 22.5. The number of carbonyl (C=O) groups excluding carboxylic acids is 1. The number of carbonyl (C=O) groups is 1. The van der Waals surface area contributed by atoms with Crippen LogP contribution in [0.1, 0.15) is 66.6 Å². The summed E-state index contributed by atoms with van der Waals surface area (Å²) in [5.74, 6) is -0.0716. The molecule has 3 heterocycles. The highest BCUT2D eigenvalue weighted by molar-refractivity contribution is 5.96. The molecule has 2 aliphatic rings. The maximum atomic E-state index is 13.1. The van der Waals surface area contributed by atoms with Crippen molar-refractivity contribution >= 4 is 16.8 Å². The summed E-state index contributed by atoms with van der Waals surface area (Å²) in [4.78, 5) is 24.4. The summed E-state index contributed by atoms with van der Waals surface area (Å²) in [7, 11) is 0. The molecule has 1 saturated carbocycles. The van der Waals surface area contributed by atoms with E-state index in [4.69, 9.17) is 0 Å². The van der Waals surface area contributed by atoms with Gasteiger partial charge in [-0.2, -0.15) is 5.26 Å². The number of fused-ring (bicyclic) bond motifs is 1. The van der Waals surface area contributed by atoms with Crippen LogP contribution in [0.2, 0.25) is 0 Å². The van der Waals surface area contributed by atoms with E-state index < -0.39 is 5.41 Å². The third-order valence-corrected chi connectivity index (χ3v) is 7.51. The van der Waals surface area contributed by atoms with Gasteiger partial charge in [0, 0.05) is 43.5 Å². The molecular formula is C28H31N5O. The van der Waals surface area contributed by atoms with Gasteiger partial charge in [-0.3, -0.25) is 14.7 Å². The number of pyridine rings is 2. The van der Waals surface area contributed by atoms with Crippen molar-refractivity contribution in [3.63, 3.8) is 0 Å². The number of nitrogens with zero attached hydrogens (tertiary/aromatic N) is 4. The van der Waals surface area contributed by atoms with Gasteiger partial charge in [-0.15, -0.1) is 0 Å². The number of piperidine rings is 1. The topological polar surface area (TPSA) is 81.9 Å². The fourth-order valence-electron chi connectivity index (χ4n) is 5.45. The van der Waals surface area contributed by atoms with E-state index in [0.717, 1.165) is 67.3 Å². The van der Waals surface area contributed by atoms with Crippen LogP contribution in [0.5, 0.6) is 0 Å². The van der Waals surface area contributed by atoms with Gasteiger partial charge in [0.1, 0.15) is 5.69 Å². The van der Waals surface area contributed by atoms with Crippen LogP contribution in [-0.2, 0) is 12.0 Å². The summed E-state index contributed by atoms with van der Waals surface area (Å²) in [6, 6.07) is 16.8. The molecule has 6 heteroatoms. The molecule has 5 rings (SSSR count). The van der Waals surface area contributed by atoms with E-state index in [1.165, 1.54) is 19.3 Å². The van der Waals surface area contributed by atoms with Crippen LogP contribution in [0.15, 0.2) is 54.9 Å². The van der Waals surface area contributed by atoms with E-state index in [0.29, 0.717) is 5.69 Å². The molecule has 1 saturated heterocycles. The lowest BCUT2D eigenvalue weighted by atomic mass is 9.74. The standard InChI is InChI=1S/C28H31N5O/c29-20-28(22-7-6-14-30-18-22)12-15-33(16-13-28)19-21-17-26(32-25-11-5-4-10-24(21)25)27(34)31-23-8-2-1-3-9-23/h4-7,10-11,14,17-18,23H,1-3,8-9,12-13,15-16,19H2,(H,31,34). The first-order valence-corrected chi connectivity index (χ1v) is 12.4. The first-order valence-electron chi connectivity index (χ1n) is 12.4. The number of nitrogens with one attached hydrogen (secondary N) is 1. The van der Waals surface area contributed by atoms with Crippen LogP contribution in [0.3, 0.4) is 0 Å². The van der Waals surface area contributed by atoms with Gasteiger partial charge < -0.3 is 5.32 Å². The highest BCUT2D eigenvalue weighted by atomic mass is 16.1. The van der Waals surface area contributed by atoms with Crippen molar-refractivity contribution in [2.24, 2.45) is 0 Å². The van der Waals surface area contributed by atoms with Crippen LogP contribution in [0.25, 0.3) is 10.9 Å². The molecule has 6 nitrogen and oxygen atoms in total. The molecule has 1 N–H and O–H groups in total. The lowest BCUT2D eigenvalue weighted by Gasteiger charge is -2.37. The number of rotatable bonds is 5. The summed E-state index contributed by atoms with van der Waals surface area (Å²) in [5, 5.41) is 14.3. The predicted molar refractivity (Wildman–Crippen MR) is 132 cm³/mol. The quantitative estimate of drug-likeness (QED) is 0.603. The van der Waals surface area contributed by atoms with E-state index >= 15 is 0 Å². The lowest BCUT2D eigenvalue weighted by molar-refractivity contribution is 0.0922. The summed E-state index contributed by atoms with van der Waals surface area (Å²) >= 11 is 0. The number of amides is 1. The largest absolute Gasteiger partial charge is 0.348 e. The van der Waals surface area contributed by atoms with Gasteiger partial charge in [-0.05, 0) is 55.0 Å². The molecule has 1 amide bonds. The Balaban J connectivity index is 1.34. The maximum Gasteiger partial charge on any atom is 0.270 e. The zero-order valence-electron chi connectivity index (χ0n) is 19.5. The summed E-state index contributed by atoms with van der Waals surface area (Å²) in [6.07, 6.45) is 10.8. The van der Waals surface area contributed by atoms with Crippen molar-refractivity contribution in [1.29, 1.82) is 5.26 Å². The molecule has 1 aliphatic heterocycles. The third kappa shape index (κ3) is 4.67. The number of nitriles is 1. The summed E-state index contributed by atoms with van der Waals surface area (Å²) in [5.41, 5.74) is 3.00. The van der Waals surface area contributed by atoms with Crippen molar-refractivity contribution in [3.8, 4) is 6.07 Å². The second-order valence-corrected chi connectivity index (χ2v) is 9.70. The molecule has 2 fully saturated rings. The van der Waals surface area contributed by atoms with Crippen LogP contribution < -0.4 is 5.32 Å². The molecule has 0 bridgehead atoms. The molecule has 0 unspecified atom stereocenters. The third-order valence-electron chi connectivity index (χ3n) is 7.51. The molecule has 174 valence electrons. The smallest absolute Gasteiger partial charge is 0.270 e. The minimum Gasteiger partial charge on any atom is -0.348 e. The predicted octanol–water partition coefficient (Wildman–Crippen LogP) is 4.75. The van der Waals surface area contributed by atoms with Crippen molar-refractivity contribution < 1.29 is 4.79 Å². The Hall–Kier alpha value is -3.30. The highest BCUT2D eigenvalue weighted by Crippen LogP contribution is 2.35. The second-order valence-electron chi connectivity index (χ2n) is 9.70. The Morgan fingerprint density at radius 1 is 1.12 bits per heavy atom. The van der Waals surface area contributed by atoms with E-state index in [-0.39, 0.29) is 11.9 Å². The molecule has 0 atom stereocenters. The van der Waals surface area contributed by atoms with Crippen molar-refractivity contribution in [3.05, 3.63) is 71.7 Å². The van der Waals surface area contributed by atoms with Crippen LogP contribution in [0, 0.1) is 11.3 Å². The van der Waals surface area contributed by atoms with Crippen molar-refractivity contribution in [1.82, 2.24) is 20.2 Å². The van der Waals surface area contributed by atoms with Crippen molar-refractivity contribution in [2.75, 3.05) is 13.1 Å². The highest BCUT2D eigenvalue weighted by Gasteiger charge is 2.36. The average Bonchev–Trinajstić information content (AvgIpc) is 2.90. The minimum absolute atomic E-state index is 0.0716. The van der Waals surface area contributed by atoms with Crippen LogP contribution in [-0.4, -0.2) is 39.9 Å². The van der Waals surface area contributed by atoms with Gasteiger partial charge in [-0.1, -0.05) is 43.5 Å². The number of hydrogen-bond donors (Lipinski definition) is 1. The normalized spacial score (nSPS) is 18.9. The average molecular weight is 454 g/mol. The number of aromatic nitrogens is 2. The van der Waals surface area contributed by atoms with Gasteiger partial charge >= 0.3 is 0 Å². The first-order chi connectivity index (χ1) is 16.7.